The number of rotatable bonds is 4. The number of halogens is 1. The molecule has 1 saturated heterocycles. The zero-order valence-corrected chi connectivity index (χ0v) is 18.3. The highest BCUT2D eigenvalue weighted by Crippen LogP contribution is 2.44. The Kier molecular flexibility index (Phi) is 5.92. The lowest BCUT2D eigenvalue weighted by Gasteiger charge is -2.35. The van der Waals surface area contributed by atoms with Crippen LogP contribution in [0.15, 0.2) is 60.8 Å². The maximum Gasteiger partial charge on any atom is 0.233 e. The van der Waals surface area contributed by atoms with Gasteiger partial charge >= 0.3 is 0 Å². The number of hydrogen-bond donors (Lipinski definition) is 0. The highest BCUT2D eigenvalue weighted by Gasteiger charge is 2.46. The fourth-order valence-corrected chi connectivity index (χ4v) is 5.56. The maximum absolute atomic E-state index is 14.8. The average Bonchev–Trinajstić information content (AvgIpc) is 3.20. The first-order chi connectivity index (χ1) is 15.7. The van der Waals surface area contributed by atoms with E-state index >= 15 is 0 Å². The molecule has 4 nitrogen and oxygen atoms in total. The molecule has 0 radical (unpaired) electrons. The van der Waals surface area contributed by atoms with Gasteiger partial charge in [-0.15, -0.1) is 0 Å². The fraction of sp³-hybridized carbons (Fsp3) is 0.407. The van der Waals surface area contributed by atoms with Gasteiger partial charge in [-0.2, -0.15) is 0 Å². The SMILES string of the molecule is O=C(N1CCOC[C@@H](Cc2cccc3cccnc23)C1)C1(c2ccccc2F)CCCC1. The van der Waals surface area contributed by atoms with Crippen molar-refractivity contribution < 1.29 is 13.9 Å². The van der Waals surface area contributed by atoms with Gasteiger partial charge in [0.15, 0.2) is 0 Å². The number of carbonyl (C=O) groups excluding carboxylic acids is 1. The summed E-state index contributed by atoms with van der Waals surface area (Å²) in [5.74, 6) is -0.0352. The van der Waals surface area contributed by atoms with Crippen molar-refractivity contribution in [1.29, 1.82) is 0 Å². The Labute approximate surface area is 188 Å². The number of benzene rings is 2. The van der Waals surface area contributed by atoms with Crippen molar-refractivity contribution in [3.05, 3.63) is 77.7 Å². The zero-order chi connectivity index (χ0) is 22.0. The second kappa shape index (κ2) is 8.99. The van der Waals surface area contributed by atoms with Crippen molar-refractivity contribution in [1.82, 2.24) is 9.88 Å². The summed E-state index contributed by atoms with van der Waals surface area (Å²) in [6.07, 6.45) is 5.95. The largest absolute Gasteiger partial charge is 0.379 e. The lowest BCUT2D eigenvalue weighted by Crippen LogP contribution is -2.48. The molecule has 0 unspecified atom stereocenters. The lowest BCUT2D eigenvalue weighted by atomic mass is 9.77. The Morgan fingerprint density at radius 2 is 1.91 bits per heavy atom. The van der Waals surface area contributed by atoms with Gasteiger partial charge in [-0.05, 0) is 37.0 Å². The zero-order valence-electron chi connectivity index (χ0n) is 18.3. The van der Waals surface area contributed by atoms with E-state index in [1.807, 2.05) is 23.2 Å². The summed E-state index contributed by atoms with van der Waals surface area (Å²) >= 11 is 0. The van der Waals surface area contributed by atoms with Crippen LogP contribution in [-0.2, 0) is 21.4 Å². The van der Waals surface area contributed by atoms with E-state index in [0.717, 1.165) is 30.2 Å². The summed E-state index contributed by atoms with van der Waals surface area (Å²) in [7, 11) is 0. The molecule has 1 atom stereocenters. The van der Waals surface area contributed by atoms with Gasteiger partial charge in [-0.1, -0.05) is 55.3 Å². The van der Waals surface area contributed by atoms with Gasteiger partial charge in [0.2, 0.25) is 5.91 Å². The van der Waals surface area contributed by atoms with Crippen LogP contribution in [0.25, 0.3) is 10.9 Å². The van der Waals surface area contributed by atoms with Crippen molar-refractivity contribution in [2.24, 2.45) is 5.92 Å². The third-order valence-electron chi connectivity index (χ3n) is 7.11. The second-order valence-electron chi connectivity index (χ2n) is 9.16. The summed E-state index contributed by atoms with van der Waals surface area (Å²) in [6, 6.07) is 17.1. The Morgan fingerprint density at radius 1 is 1.09 bits per heavy atom. The highest BCUT2D eigenvalue weighted by atomic mass is 19.1. The van der Waals surface area contributed by atoms with Crippen molar-refractivity contribution in [2.75, 3.05) is 26.3 Å². The Balaban J connectivity index is 1.41. The van der Waals surface area contributed by atoms with Crippen molar-refractivity contribution in [3.8, 4) is 0 Å². The first kappa shape index (κ1) is 21.1. The van der Waals surface area contributed by atoms with E-state index in [0.29, 0.717) is 44.7 Å². The fourth-order valence-electron chi connectivity index (χ4n) is 5.56. The van der Waals surface area contributed by atoms with Crippen molar-refractivity contribution in [2.45, 2.75) is 37.5 Å². The summed E-state index contributed by atoms with van der Waals surface area (Å²) < 4.78 is 20.7. The minimum absolute atomic E-state index is 0.0617. The van der Waals surface area contributed by atoms with Crippen molar-refractivity contribution in [3.63, 3.8) is 0 Å². The van der Waals surface area contributed by atoms with Crippen LogP contribution in [0.5, 0.6) is 0 Å². The molecule has 2 aromatic carbocycles. The van der Waals surface area contributed by atoms with Gasteiger partial charge in [0.25, 0.3) is 0 Å². The van der Waals surface area contributed by atoms with Crippen LogP contribution in [0.2, 0.25) is 0 Å². The molecule has 3 aromatic rings. The van der Waals surface area contributed by atoms with Crippen LogP contribution < -0.4 is 0 Å². The monoisotopic (exact) mass is 432 g/mol. The molecule has 32 heavy (non-hydrogen) atoms. The van der Waals surface area contributed by atoms with E-state index in [-0.39, 0.29) is 17.6 Å². The molecule has 1 saturated carbocycles. The molecular weight excluding hydrogens is 403 g/mol. The molecule has 0 spiro atoms. The normalized spacial score (nSPS) is 20.9. The molecule has 2 aliphatic rings. The average molecular weight is 433 g/mol. The third-order valence-corrected chi connectivity index (χ3v) is 7.11. The van der Waals surface area contributed by atoms with Gasteiger partial charge in [-0.3, -0.25) is 9.78 Å². The molecule has 5 rings (SSSR count). The van der Waals surface area contributed by atoms with E-state index in [4.69, 9.17) is 4.74 Å². The van der Waals surface area contributed by atoms with Gasteiger partial charge in [0.05, 0.1) is 24.1 Å². The number of para-hydroxylation sites is 1. The van der Waals surface area contributed by atoms with E-state index in [1.165, 1.54) is 11.6 Å². The van der Waals surface area contributed by atoms with Crippen LogP contribution >= 0.6 is 0 Å². The molecule has 0 bridgehead atoms. The summed E-state index contributed by atoms with van der Waals surface area (Å²) in [6.45, 7) is 2.31. The van der Waals surface area contributed by atoms with E-state index in [2.05, 4.69) is 29.2 Å². The highest BCUT2D eigenvalue weighted by molar-refractivity contribution is 5.89. The molecular formula is C27H29FN2O2. The predicted molar refractivity (Wildman–Crippen MR) is 123 cm³/mol. The van der Waals surface area contributed by atoms with E-state index in [1.54, 1.807) is 12.1 Å². The summed E-state index contributed by atoms with van der Waals surface area (Å²) in [5, 5.41) is 1.12. The molecule has 2 heterocycles. The maximum atomic E-state index is 14.8. The first-order valence-corrected chi connectivity index (χ1v) is 11.6. The number of carbonyl (C=O) groups is 1. The predicted octanol–water partition coefficient (Wildman–Crippen LogP) is 4.90. The molecule has 1 aliphatic heterocycles. The molecule has 166 valence electrons. The van der Waals surface area contributed by atoms with E-state index < -0.39 is 5.41 Å². The number of amides is 1. The topological polar surface area (TPSA) is 42.4 Å². The molecule has 5 heteroatoms. The third kappa shape index (κ3) is 3.90. The smallest absolute Gasteiger partial charge is 0.233 e. The molecule has 1 amide bonds. The van der Waals surface area contributed by atoms with Gasteiger partial charge in [0, 0.05) is 36.2 Å². The van der Waals surface area contributed by atoms with Crippen LogP contribution in [-0.4, -0.2) is 42.1 Å². The Hall–Kier alpha value is -2.79. The quantitative estimate of drug-likeness (QED) is 0.589. The number of aromatic nitrogens is 1. The van der Waals surface area contributed by atoms with Crippen molar-refractivity contribution >= 4 is 16.8 Å². The van der Waals surface area contributed by atoms with Gasteiger partial charge < -0.3 is 9.64 Å². The molecule has 1 aliphatic carbocycles. The molecule has 2 fully saturated rings. The second-order valence-corrected chi connectivity index (χ2v) is 9.16. The van der Waals surface area contributed by atoms with Gasteiger partial charge in [0.1, 0.15) is 5.82 Å². The minimum atomic E-state index is -0.749. The number of nitrogens with zero attached hydrogens (tertiary/aromatic N) is 2. The number of ether oxygens (including phenoxy) is 1. The Morgan fingerprint density at radius 3 is 2.75 bits per heavy atom. The van der Waals surface area contributed by atoms with Crippen LogP contribution in [0, 0.1) is 11.7 Å². The molecule has 1 aromatic heterocycles. The number of fused-ring (bicyclic) bond motifs is 1. The van der Waals surface area contributed by atoms with E-state index in [9.17, 15) is 9.18 Å². The lowest BCUT2D eigenvalue weighted by molar-refractivity contribution is -0.138. The molecule has 0 N–H and O–H groups in total. The van der Waals surface area contributed by atoms with Crippen LogP contribution in [0.3, 0.4) is 0 Å². The Bertz CT molecular complexity index is 1100. The minimum Gasteiger partial charge on any atom is -0.379 e. The van der Waals surface area contributed by atoms with Crippen LogP contribution in [0.1, 0.15) is 36.8 Å². The number of hydrogen-bond acceptors (Lipinski definition) is 3. The standard InChI is InChI=1S/C27H29FN2O2/c28-24-11-2-1-10-23(24)27(12-3-4-13-27)26(31)30-15-16-32-19-20(18-30)17-22-8-5-7-21-9-6-14-29-25(21)22/h1-2,5-11,14,20H,3-4,12-13,15-19H2/t20-/m0/s1. The summed E-state index contributed by atoms with van der Waals surface area (Å²) in [5.41, 5.74) is 2.00. The summed E-state index contributed by atoms with van der Waals surface area (Å²) in [4.78, 5) is 20.5. The van der Waals surface area contributed by atoms with Gasteiger partial charge in [-0.25, -0.2) is 4.39 Å². The number of pyridine rings is 1. The first-order valence-electron chi connectivity index (χ1n) is 11.6. The van der Waals surface area contributed by atoms with Crippen LogP contribution in [0.4, 0.5) is 4.39 Å².